The summed E-state index contributed by atoms with van der Waals surface area (Å²) in [6.45, 7) is 0.610. The van der Waals surface area contributed by atoms with Crippen molar-refractivity contribution in [1.82, 2.24) is 10.2 Å². The molecule has 4 rings (SSSR count). The molecule has 2 saturated carbocycles. The molecule has 0 bridgehead atoms. The van der Waals surface area contributed by atoms with Crippen LogP contribution < -0.4 is 11.1 Å². The van der Waals surface area contributed by atoms with Crippen LogP contribution in [0.15, 0.2) is 12.1 Å². The highest BCUT2D eigenvalue weighted by Crippen LogP contribution is 2.50. The van der Waals surface area contributed by atoms with Gasteiger partial charge in [-0.1, -0.05) is 6.07 Å². The Bertz CT molecular complexity index is 1130. The van der Waals surface area contributed by atoms with Gasteiger partial charge in [-0.15, -0.1) is 0 Å². The molecule has 1 amide bonds. The Hall–Kier alpha value is -2.99. The fourth-order valence-corrected chi connectivity index (χ4v) is 6.12. The number of nitrogens with two attached hydrogens (primary N) is 1. The number of fused-ring (bicyclic) bond motifs is 3. The van der Waals surface area contributed by atoms with Gasteiger partial charge in [0.15, 0.2) is 34.7 Å². The number of nitrogens with zero attached hydrogens (tertiary/aromatic N) is 1. The summed E-state index contributed by atoms with van der Waals surface area (Å²) in [5.74, 6) is -10.5. The summed E-state index contributed by atoms with van der Waals surface area (Å²) in [6, 6.07) is 1.92. The first-order chi connectivity index (χ1) is 16.5. The van der Waals surface area contributed by atoms with Crippen LogP contribution >= 0.6 is 0 Å². The molecule has 3 aliphatic carbocycles. The summed E-state index contributed by atoms with van der Waals surface area (Å²) in [6.07, 6.45) is 0.245. The number of Topliss-reactive ketones (excluding diaryl/α,β-unsaturated/α-hetero) is 4. The van der Waals surface area contributed by atoms with Crippen molar-refractivity contribution in [3.05, 3.63) is 28.8 Å². The van der Waals surface area contributed by atoms with E-state index in [4.69, 9.17) is 10.5 Å². The molecular formula is C24H29N3O8. The maximum Gasteiger partial charge on any atom is 0.235 e. The van der Waals surface area contributed by atoms with Crippen LogP contribution in [-0.4, -0.2) is 83.7 Å². The number of phenols is 1. The van der Waals surface area contributed by atoms with Crippen molar-refractivity contribution in [3.63, 3.8) is 0 Å². The molecule has 3 aliphatic rings. The molecule has 2 unspecified atom stereocenters. The summed E-state index contributed by atoms with van der Waals surface area (Å²) in [5.41, 5.74) is 3.88. The molecule has 11 heteroatoms. The standard InChI is InChI=1S/C24H29N3O8/c1-27(2)18-13-7-11-6-12-10(8-26-9-35-3)4-5-14(28)16(12)19(29)15(11)21(31)24(13,34)22(32)17(20(18)30)23(25)33/h4-5,11,13,15,17-18,26,28,34H,6-9H2,1-3H3,(H2,25,33)/t11-,13-,15?,17?,18-,24-/m0/s1. The average molecular weight is 488 g/mol. The molecule has 35 heavy (non-hydrogen) atoms. The average Bonchev–Trinajstić information content (AvgIpc) is 2.77. The molecular weight excluding hydrogens is 458 g/mol. The molecule has 11 nitrogen and oxygen atoms in total. The Kier molecular flexibility index (Phi) is 6.39. The van der Waals surface area contributed by atoms with Crippen LogP contribution in [-0.2, 0) is 36.9 Å². The number of hydrogen-bond donors (Lipinski definition) is 4. The summed E-state index contributed by atoms with van der Waals surface area (Å²) >= 11 is 0. The Morgan fingerprint density at radius 3 is 2.51 bits per heavy atom. The normalized spacial score (nSPS) is 32.3. The molecule has 188 valence electrons. The quantitative estimate of drug-likeness (QED) is 0.211. The van der Waals surface area contributed by atoms with Crippen molar-refractivity contribution < 1.29 is 38.9 Å². The second kappa shape index (κ2) is 8.90. The van der Waals surface area contributed by atoms with Gasteiger partial charge in [-0.2, -0.15) is 0 Å². The molecule has 5 N–H and O–H groups in total. The van der Waals surface area contributed by atoms with Crippen molar-refractivity contribution in [2.75, 3.05) is 27.9 Å². The number of primary amides is 1. The van der Waals surface area contributed by atoms with Crippen molar-refractivity contribution in [3.8, 4) is 5.75 Å². The zero-order valence-electron chi connectivity index (χ0n) is 19.7. The predicted octanol–water partition coefficient (Wildman–Crippen LogP) is -1.44. The van der Waals surface area contributed by atoms with E-state index < -0.39 is 64.4 Å². The fraction of sp³-hybridized carbons (Fsp3) is 0.542. The van der Waals surface area contributed by atoms with Gasteiger partial charge in [-0.25, -0.2) is 0 Å². The number of ether oxygens (including phenoxy) is 1. The Morgan fingerprint density at radius 1 is 1.23 bits per heavy atom. The predicted molar refractivity (Wildman–Crippen MR) is 120 cm³/mol. The van der Waals surface area contributed by atoms with Crippen molar-refractivity contribution >= 4 is 29.0 Å². The third kappa shape index (κ3) is 3.61. The minimum atomic E-state index is -2.72. The molecule has 2 fully saturated rings. The molecule has 0 radical (unpaired) electrons. The van der Waals surface area contributed by atoms with E-state index >= 15 is 0 Å². The highest BCUT2D eigenvalue weighted by molar-refractivity contribution is 6.32. The van der Waals surface area contributed by atoms with E-state index in [1.54, 1.807) is 20.2 Å². The van der Waals surface area contributed by atoms with Crippen LogP contribution in [0.5, 0.6) is 5.75 Å². The minimum absolute atomic E-state index is 0.0183. The summed E-state index contributed by atoms with van der Waals surface area (Å²) in [5, 5.41) is 25.1. The molecule has 6 atom stereocenters. The second-order valence-electron chi connectivity index (χ2n) is 9.75. The van der Waals surface area contributed by atoms with E-state index in [1.807, 2.05) is 0 Å². The van der Waals surface area contributed by atoms with E-state index in [0.29, 0.717) is 12.1 Å². The van der Waals surface area contributed by atoms with E-state index in [2.05, 4.69) is 5.32 Å². The molecule has 0 spiro atoms. The number of carbonyl (C=O) groups is 5. The monoisotopic (exact) mass is 487 g/mol. The van der Waals surface area contributed by atoms with Crippen LogP contribution in [0.4, 0.5) is 0 Å². The maximum atomic E-state index is 13.7. The smallest absolute Gasteiger partial charge is 0.235 e. The zero-order valence-corrected chi connectivity index (χ0v) is 19.7. The molecule has 0 heterocycles. The van der Waals surface area contributed by atoms with Crippen molar-refractivity contribution in [1.29, 1.82) is 0 Å². The van der Waals surface area contributed by atoms with Gasteiger partial charge in [0, 0.05) is 19.6 Å². The first kappa shape index (κ1) is 25.1. The number of methoxy groups -OCH3 is 1. The lowest BCUT2D eigenvalue weighted by molar-refractivity contribution is -0.181. The third-order valence-electron chi connectivity index (χ3n) is 7.60. The van der Waals surface area contributed by atoms with Crippen LogP contribution in [0.3, 0.4) is 0 Å². The van der Waals surface area contributed by atoms with Crippen LogP contribution in [0.2, 0.25) is 0 Å². The van der Waals surface area contributed by atoms with Gasteiger partial charge in [-0.05, 0) is 50.0 Å². The number of benzene rings is 1. The van der Waals surface area contributed by atoms with E-state index in [1.165, 1.54) is 18.1 Å². The number of ketones is 4. The number of likely N-dealkylation sites (N-methyl/N-ethyl adjacent to an activating group) is 1. The molecule has 0 aromatic heterocycles. The highest BCUT2D eigenvalue weighted by Gasteiger charge is 2.69. The van der Waals surface area contributed by atoms with Gasteiger partial charge < -0.3 is 20.7 Å². The van der Waals surface area contributed by atoms with E-state index in [0.717, 1.165) is 5.56 Å². The number of hydrogen-bond acceptors (Lipinski definition) is 10. The minimum Gasteiger partial charge on any atom is -0.507 e. The maximum absolute atomic E-state index is 13.7. The number of aromatic hydroxyl groups is 1. The van der Waals surface area contributed by atoms with Crippen LogP contribution in [0.1, 0.15) is 27.9 Å². The lowest BCUT2D eigenvalue weighted by atomic mass is 9.52. The molecule has 1 aromatic carbocycles. The van der Waals surface area contributed by atoms with Crippen LogP contribution in [0.25, 0.3) is 0 Å². The van der Waals surface area contributed by atoms with Gasteiger partial charge in [0.2, 0.25) is 5.91 Å². The summed E-state index contributed by atoms with van der Waals surface area (Å²) < 4.78 is 5.00. The Morgan fingerprint density at radius 2 is 1.91 bits per heavy atom. The van der Waals surface area contributed by atoms with Crippen LogP contribution in [0, 0.1) is 23.7 Å². The number of amides is 1. The number of rotatable bonds is 6. The fourth-order valence-electron chi connectivity index (χ4n) is 6.12. The van der Waals surface area contributed by atoms with E-state index in [-0.39, 0.29) is 30.9 Å². The SMILES string of the molecule is COCNCc1ccc(O)c2c1C[C@H]1C[C@H]3[C@H](N(C)C)C(=O)C(C(N)=O)C(=O)[C@@]3(O)C(=O)C1C2=O. The first-order valence-corrected chi connectivity index (χ1v) is 11.3. The number of carbonyl (C=O) groups excluding carboxylic acids is 5. The Labute approximate surface area is 201 Å². The lowest BCUT2D eigenvalue weighted by Crippen LogP contribution is -2.74. The molecule has 1 aromatic rings. The van der Waals surface area contributed by atoms with Gasteiger partial charge in [0.05, 0.1) is 24.3 Å². The number of nitrogens with one attached hydrogen (secondary N) is 1. The zero-order chi connectivity index (χ0) is 25.8. The second-order valence-corrected chi connectivity index (χ2v) is 9.75. The van der Waals surface area contributed by atoms with Gasteiger partial charge in [0.1, 0.15) is 5.75 Å². The van der Waals surface area contributed by atoms with Gasteiger partial charge in [0.25, 0.3) is 0 Å². The van der Waals surface area contributed by atoms with Crippen molar-refractivity contribution in [2.24, 2.45) is 29.4 Å². The first-order valence-electron chi connectivity index (χ1n) is 11.3. The van der Waals surface area contributed by atoms with E-state index in [9.17, 15) is 34.2 Å². The number of aliphatic hydroxyl groups is 1. The highest BCUT2D eigenvalue weighted by atomic mass is 16.5. The third-order valence-corrected chi connectivity index (χ3v) is 7.60. The summed E-state index contributed by atoms with van der Waals surface area (Å²) in [7, 11) is 4.62. The Balaban J connectivity index is 1.81. The van der Waals surface area contributed by atoms with Gasteiger partial charge in [-0.3, -0.25) is 34.2 Å². The topological polar surface area (TPSA) is 176 Å². The van der Waals surface area contributed by atoms with Crippen molar-refractivity contribution in [2.45, 2.75) is 31.0 Å². The molecule has 0 aliphatic heterocycles. The van der Waals surface area contributed by atoms with Gasteiger partial charge >= 0.3 is 0 Å². The summed E-state index contributed by atoms with van der Waals surface area (Å²) in [4.78, 5) is 67.0. The number of phenolic OH excluding ortho intramolecular Hbond substituents is 1. The lowest BCUT2D eigenvalue weighted by Gasteiger charge is -2.52. The largest absolute Gasteiger partial charge is 0.507 e. The molecule has 0 saturated heterocycles.